The molecule has 1 aromatic carbocycles. The molecule has 1 rings (SSSR count). The second kappa shape index (κ2) is 5.73. The molecule has 0 amide bonds. The zero-order valence-electron chi connectivity index (χ0n) is 9.57. The van der Waals surface area contributed by atoms with E-state index in [9.17, 15) is 0 Å². The topological polar surface area (TPSA) is 44.5 Å². The molecule has 15 heavy (non-hydrogen) atoms. The van der Waals surface area contributed by atoms with Gasteiger partial charge in [0.15, 0.2) is 0 Å². The smallest absolute Gasteiger partial charge is 0.124 e. The molecule has 3 nitrogen and oxygen atoms in total. The van der Waals surface area contributed by atoms with Crippen molar-refractivity contribution in [2.45, 2.75) is 26.0 Å². The van der Waals surface area contributed by atoms with Crippen molar-refractivity contribution < 1.29 is 9.47 Å². The normalized spacial score (nSPS) is 14.7. The minimum absolute atomic E-state index is 0.0544. The van der Waals surface area contributed by atoms with Crippen LogP contribution in [0.1, 0.15) is 25.5 Å². The Balaban J connectivity index is 2.98. The lowest BCUT2D eigenvalue weighted by Gasteiger charge is -2.22. The molecule has 0 saturated heterocycles. The number of nitrogens with two attached hydrogens (primary N) is 1. The van der Waals surface area contributed by atoms with Crippen LogP contribution in [-0.2, 0) is 4.74 Å². The van der Waals surface area contributed by atoms with Gasteiger partial charge in [-0.15, -0.1) is 0 Å². The summed E-state index contributed by atoms with van der Waals surface area (Å²) >= 11 is 0. The minimum atomic E-state index is -0.105. The van der Waals surface area contributed by atoms with Gasteiger partial charge in [-0.3, -0.25) is 0 Å². The van der Waals surface area contributed by atoms with Gasteiger partial charge in [0.05, 0.1) is 7.11 Å². The fourth-order valence-electron chi connectivity index (χ4n) is 1.61. The van der Waals surface area contributed by atoms with E-state index in [1.54, 1.807) is 7.11 Å². The Hall–Kier alpha value is -1.06. The van der Waals surface area contributed by atoms with Gasteiger partial charge in [0, 0.05) is 18.2 Å². The van der Waals surface area contributed by atoms with Gasteiger partial charge < -0.3 is 15.2 Å². The van der Waals surface area contributed by atoms with E-state index < -0.39 is 0 Å². The Morgan fingerprint density at radius 3 is 2.53 bits per heavy atom. The van der Waals surface area contributed by atoms with Crippen molar-refractivity contribution in [2.75, 3.05) is 13.7 Å². The molecular weight excluding hydrogens is 190 g/mol. The van der Waals surface area contributed by atoms with Crippen LogP contribution in [-0.4, -0.2) is 19.8 Å². The van der Waals surface area contributed by atoms with Crippen LogP contribution in [0.2, 0.25) is 0 Å². The van der Waals surface area contributed by atoms with E-state index in [4.69, 9.17) is 15.2 Å². The van der Waals surface area contributed by atoms with Crippen molar-refractivity contribution in [3.05, 3.63) is 29.8 Å². The molecule has 0 aliphatic rings. The maximum atomic E-state index is 5.90. The van der Waals surface area contributed by atoms with Crippen LogP contribution in [0.3, 0.4) is 0 Å². The molecular formula is C12H19NO2. The van der Waals surface area contributed by atoms with Gasteiger partial charge in [-0.05, 0) is 19.9 Å². The van der Waals surface area contributed by atoms with E-state index in [0.29, 0.717) is 6.61 Å². The first-order chi connectivity index (χ1) is 7.20. The predicted octanol–water partition coefficient (Wildman–Crippen LogP) is 2.12. The lowest BCUT2D eigenvalue weighted by atomic mass is 10.0. The molecule has 2 N–H and O–H groups in total. The Labute approximate surface area is 91.2 Å². The van der Waals surface area contributed by atoms with Crippen LogP contribution >= 0.6 is 0 Å². The van der Waals surface area contributed by atoms with Crippen LogP contribution < -0.4 is 10.5 Å². The fourth-order valence-corrected chi connectivity index (χ4v) is 1.61. The summed E-state index contributed by atoms with van der Waals surface area (Å²) in [6.07, 6.45) is -0.105. The van der Waals surface area contributed by atoms with E-state index in [1.807, 2.05) is 38.1 Å². The van der Waals surface area contributed by atoms with Crippen molar-refractivity contribution in [3.63, 3.8) is 0 Å². The summed E-state index contributed by atoms with van der Waals surface area (Å²) in [4.78, 5) is 0. The van der Waals surface area contributed by atoms with Crippen molar-refractivity contribution in [1.29, 1.82) is 0 Å². The zero-order valence-corrected chi connectivity index (χ0v) is 9.57. The molecule has 84 valence electrons. The van der Waals surface area contributed by atoms with E-state index >= 15 is 0 Å². The summed E-state index contributed by atoms with van der Waals surface area (Å²) in [5.74, 6) is 0.827. The average molecular weight is 209 g/mol. The Kier molecular flexibility index (Phi) is 4.59. The molecule has 0 fully saturated rings. The third-order valence-corrected chi connectivity index (χ3v) is 2.27. The van der Waals surface area contributed by atoms with Crippen molar-refractivity contribution in [3.8, 4) is 5.75 Å². The van der Waals surface area contributed by atoms with Gasteiger partial charge in [0.1, 0.15) is 11.9 Å². The molecule has 0 aliphatic carbocycles. The first kappa shape index (κ1) is 12.0. The summed E-state index contributed by atoms with van der Waals surface area (Å²) < 4.78 is 10.9. The molecule has 0 radical (unpaired) electrons. The number of rotatable bonds is 5. The van der Waals surface area contributed by atoms with Gasteiger partial charge >= 0.3 is 0 Å². The SMILES string of the molecule is CCOC(c1ccccc1OC)C(C)N. The number of ether oxygens (including phenoxy) is 2. The minimum Gasteiger partial charge on any atom is -0.496 e. The largest absolute Gasteiger partial charge is 0.496 e. The van der Waals surface area contributed by atoms with E-state index in [1.165, 1.54) is 0 Å². The first-order valence-corrected chi connectivity index (χ1v) is 5.20. The molecule has 0 aliphatic heterocycles. The van der Waals surface area contributed by atoms with Crippen LogP contribution in [0.4, 0.5) is 0 Å². The molecule has 0 bridgehead atoms. The fraction of sp³-hybridized carbons (Fsp3) is 0.500. The maximum absolute atomic E-state index is 5.90. The van der Waals surface area contributed by atoms with Crippen molar-refractivity contribution >= 4 is 0 Å². The van der Waals surface area contributed by atoms with Crippen LogP contribution in [0.5, 0.6) is 5.75 Å². The van der Waals surface area contributed by atoms with Gasteiger partial charge in [-0.1, -0.05) is 18.2 Å². The molecule has 0 aromatic heterocycles. The molecule has 0 saturated carbocycles. The Bertz CT molecular complexity index is 299. The van der Waals surface area contributed by atoms with Crippen LogP contribution in [0.15, 0.2) is 24.3 Å². The number of methoxy groups -OCH3 is 1. The van der Waals surface area contributed by atoms with E-state index in [-0.39, 0.29) is 12.1 Å². The van der Waals surface area contributed by atoms with Crippen molar-refractivity contribution in [2.24, 2.45) is 5.73 Å². The highest BCUT2D eigenvalue weighted by Crippen LogP contribution is 2.28. The molecule has 2 unspecified atom stereocenters. The molecule has 3 heteroatoms. The monoisotopic (exact) mass is 209 g/mol. The zero-order chi connectivity index (χ0) is 11.3. The average Bonchev–Trinajstić information content (AvgIpc) is 2.25. The standard InChI is InChI=1S/C12H19NO2/c1-4-15-12(9(2)13)10-7-5-6-8-11(10)14-3/h5-9,12H,4,13H2,1-3H3. The number of benzene rings is 1. The molecule has 0 heterocycles. The van der Waals surface area contributed by atoms with Gasteiger partial charge in [0.25, 0.3) is 0 Å². The van der Waals surface area contributed by atoms with E-state index in [0.717, 1.165) is 11.3 Å². The second-order valence-electron chi connectivity index (χ2n) is 3.48. The number of hydrogen-bond acceptors (Lipinski definition) is 3. The van der Waals surface area contributed by atoms with E-state index in [2.05, 4.69) is 0 Å². The van der Waals surface area contributed by atoms with Crippen LogP contribution in [0.25, 0.3) is 0 Å². The highest BCUT2D eigenvalue weighted by molar-refractivity contribution is 5.35. The summed E-state index contributed by atoms with van der Waals surface area (Å²) in [6, 6.07) is 7.76. The van der Waals surface area contributed by atoms with Gasteiger partial charge in [-0.2, -0.15) is 0 Å². The second-order valence-corrected chi connectivity index (χ2v) is 3.48. The molecule has 2 atom stereocenters. The van der Waals surface area contributed by atoms with Gasteiger partial charge in [0.2, 0.25) is 0 Å². The lowest BCUT2D eigenvalue weighted by Crippen LogP contribution is -2.27. The summed E-state index contributed by atoms with van der Waals surface area (Å²) in [5.41, 5.74) is 6.91. The van der Waals surface area contributed by atoms with Crippen molar-refractivity contribution in [1.82, 2.24) is 0 Å². The Morgan fingerprint density at radius 2 is 2.00 bits per heavy atom. The maximum Gasteiger partial charge on any atom is 0.124 e. The third kappa shape index (κ3) is 2.94. The highest BCUT2D eigenvalue weighted by atomic mass is 16.5. The summed E-state index contributed by atoms with van der Waals surface area (Å²) in [7, 11) is 1.66. The predicted molar refractivity (Wildman–Crippen MR) is 61.0 cm³/mol. The van der Waals surface area contributed by atoms with Crippen LogP contribution in [0, 0.1) is 0 Å². The lowest BCUT2D eigenvalue weighted by molar-refractivity contribution is 0.0458. The summed E-state index contributed by atoms with van der Waals surface area (Å²) in [6.45, 7) is 4.54. The number of hydrogen-bond donors (Lipinski definition) is 1. The summed E-state index contributed by atoms with van der Waals surface area (Å²) in [5, 5.41) is 0. The first-order valence-electron chi connectivity index (χ1n) is 5.20. The quantitative estimate of drug-likeness (QED) is 0.807. The third-order valence-electron chi connectivity index (χ3n) is 2.27. The van der Waals surface area contributed by atoms with Gasteiger partial charge in [-0.25, -0.2) is 0 Å². The Morgan fingerprint density at radius 1 is 1.33 bits per heavy atom. The molecule has 0 spiro atoms. The number of para-hydroxylation sites is 1. The molecule has 1 aromatic rings. The highest BCUT2D eigenvalue weighted by Gasteiger charge is 2.19.